The Morgan fingerprint density at radius 1 is 1.60 bits per heavy atom. The fourth-order valence-electron chi connectivity index (χ4n) is 1.26. The van der Waals surface area contributed by atoms with E-state index >= 15 is 0 Å². The monoisotopic (exact) mass is 139 g/mol. The second-order valence-corrected chi connectivity index (χ2v) is 2.74. The van der Waals surface area contributed by atoms with Gasteiger partial charge in [-0.15, -0.1) is 0 Å². The summed E-state index contributed by atoms with van der Waals surface area (Å²) in [6.07, 6.45) is 3.18. The molecule has 2 rings (SSSR count). The highest BCUT2D eigenvalue weighted by Crippen LogP contribution is 2.36. The third-order valence-electron chi connectivity index (χ3n) is 1.97. The van der Waals surface area contributed by atoms with Gasteiger partial charge in [0.2, 0.25) is 0 Å². The van der Waals surface area contributed by atoms with Crippen molar-refractivity contribution in [3.05, 3.63) is 18.0 Å². The molecule has 3 nitrogen and oxygen atoms in total. The van der Waals surface area contributed by atoms with Crippen molar-refractivity contribution in [3.8, 4) is 0 Å². The van der Waals surface area contributed by atoms with E-state index < -0.39 is 0 Å². The van der Waals surface area contributed by atoms with Gasteiger partial charge in [-0.3, -0.25) is 0 Å². The Morgan fingerprint density at radius 3 is 2.90 bits per heavy atom. The molecular weight excluding hydrogens is 130 g/mol. The van der Waals surface area contributed by atoms with Crippen molar-refractivity contribution in [1.29, 1.82) is 0 Å². The van der Waals surface area contributed by atoms with Crippen LogP contribution in [-0.2, 0) is 0 Å². The van der Waals surface area contributed by atoms with Gasteiger partial charge < -0.3 is 9.63 Å². The van der Waals surface area contributed by atoms with E-state index in [2.05, 4.69) is 5.16 Å². The number of hydrogen-bond acceptors (Lipinski definition) is 3. The maximum absolute atomic E-state index is 8.96. The Kier molecular flexibility index (Phi) is 1.24. The average molecular weight is 139 g/mol. The average Bonchev–Trinajstić information content (AvgIpc) is 2.31. The molecule has 1 fully saturated rings. The van der Waals surface area contributed by atoms with Crippen LogP contribution >= 0.6 is 0 Å². The molecule has 0 bridgehead atoms. The Bertz CT molecular complexity index is 201. The summed E-state index contributed by atoms with van der Waals surface area (Å²) < 4.78 is 4.92. The van der Waals surface area contributed by atoms with Gasteiger partial charge in [0.1, 0.15) is 5.76 Å². The van der Waals surface area contributed by atoms with Crippen LogP contribution in [0, 0.1) is 0 Å². The molecule has 0 amide bonds. The van der Waals surface area contributed by atoms with E-state index in [1.807, 2.05) is 6.07 Å². The number of aliphatic hydroxyl groups excluding tert-OH is 1. The van der Waals surface area contributed by atoms with Crippen LogP contribution < -0.4 is 0 Å². The molecule has 3 heteroatoms. The summed E-state index contributed by atoms with van der Waals surface area (Å²) in [7, 11) is 0. The molecule has 1 saturated carbocycles. The number of rotatable bonds is 1. The number of aliphatic hydroxyl groups is 1. The Balaban J connectivity index is 2.04. The van der Waals surface area contributed by atoms with Crippen molar-refractivity contribution in [3.63, 3.8) is 0 Å². The largest absolute Gasteiger partial charge is 0.393 e. The summed E-state index contributed by atoms with van der Waals surface area (Å²) in [6.45, 7) is 0. The predicted molar refractivity (Wildman–Crippen MR) is 34.5 cm³/mol. The third-order valence-corrected chi connectivity index (χ3v) is 1.97. The Hall–Kier alpha value is -0.830. The van der Waals surface area contributed by atoms with Crippen molar-refractivity contribution in [2.75, 3.05) is 0 Å². The highest BCUT2D eigenvalue weighted by molar-refractivity contribution is 5.07. The summed E-state index contributed by atoms with van der Waals surface area (Å²) in [5, 5.41) is 12.5. The van der Waals surface area contributed by atoms with Crippen molar-refractivity contribution >= 4 is 0 Å². The normalized spacial score (nSPS) is 31.7. The molecule has 0 aromatic carbocycles. The van der Waals surface area contributed by atoms with Gasteiger partial charge in [-0.2, -0.15) is 0 Å². The first-order valence-corrected chi connectivity index (χ1v) is 3.45. The van der Waals surface area contributed by atoms with Crippen LogP contribution in [-0.4, -0.2) is 16.4 Å². The Morgan fingerprint density at radius 2 is 2.40 bits per heavy atom. The molecule has 54 valence electrons. The van der Waals surface area contributed by atoms with Crippen molar-refractivity contribution in [1.82, 2.24) is 5.16 Å². The van der Waals surface area contributed by atoms with Crippen molar-refractivity contribution < 1.29 is 9.63 Å². The Labute approximate surface area is 58.6 Å². The molecule has 1 aromatic rings. The highest BCUT2D eigenvalue weighted by Gasteiger charge is 2.30. The molecule has 1 heterocycles. The SMILES string of the molecule is OC1CC(c2ccno2)C1. The molecule has 0 unspecified atom stereocenters. The first-order chi connectivity index (χ1) is 4.86. The minimum atomic E-state index is -0.116. The molecule has 1 aliphatic carbocycles. The van der Waals surface area contributed by atoms with Crippen LogP contribution in [0.1, 0.15) is 24.5 Å². The quantitative estimate of drug-likeness (QED) is 0.629. The molecule has 0 radical (unpaired) electrons. The van der Waals surface area contributed by atoms with Gasteiger partial charge in [-0.05, 0) is 12.8 Å². The first-order valence-electron chi connectivity index (χ1n) is 3.45. The molecular formula is C7H9NO2. The predicted octanol–water partition coefficient (Wildman–Crippen LogP) is 0.913. The summed E-state index contributed by atoms with van der Waals surface area (Å²) in [5.74, 6) is 1.32. The van der Waals surface area contributed by atoms with E-state index in [1.54, 1.807) is 6.20 Å². The molecule has 1 aliphatic rings. The van der Waals surface area contributed by atoms with Gasteiger partial charge in [0.05, 0.1) is 12.3 Å². The molecule has 10 heavy (non-hydrogen) atoms. The van der Waals surface area contributed by atoms with E-state index in [-0.39, 0.29) is 6.10 Å². The maximum Gasteiger partial charge on any atom is 0.139 e. The number of aromatic nitrogens is 1. The lowest BCUT2D eigenvalue weighted by molar-refractivity contribution is 0.0645. The molecule has 0 aliphatic heterocycles. The topological polar surface area (TPSA) is 46.3 Å². The smallest absolute Gasteiger partial charge is 0.139 e. The van der Waals surface area contributed by atoms with Gasteiger partial charge in [0, 0.05) is 12.0 Å². The summed E-state index contributed by atoms with van der Waals surface area (Å²) >= 11 is 0. The van der Waals surface area contributed by atoms with Crippen LogP contribution in [0.3, 0.4) is 0 Å². The van der Waals surface area contributed by atoms with Crippen molar-refractivity contribution in [2.45, 2.75) is 24.9 Å². The minimum Gasteiger partial charge on any atom is -0.393 e. The van der Waals surface area contributed by atoms with E-state index in [0.717, 1.165) is 18.6 Å². The van der Waals surface area contributed by atoms with Crippen LogP contribution in [0.15, 0.2) is 16.8 Å². The lowest BCUT2D eigenvalue weighted by Gasteiger charge is -2.28. The van der Waals surface area contributed by atoms with Crippen molar-refractivity contribution in [2.24, 2.45) is 0 Å². The van der Waals surface area contributed by atoms with Gasteiger partial charge in [-0.1, -0.05) is 5.16 Å². The van der Waals surface area contributed by atoms with Crippen LogP contribution in [0.5, 0.6) is 0 Å². The second-order valence-electron chi connectivity index (χ2n) is 2.74. The summed E-state index contributed by atoms with van der Waals surface area (Å²) in [5.41, 5.74) is 0. The first kappa shape index (κ1) is 5.92. The fraction of sp³-hybridized carbons (Fsp3) is 0.571. The van der Waals surface area contributed by atoms with Crippen LogP contribution in [0.25, 0.3) is 0 Å². The van der Waals surface area contributed by atoms with E-state index in [4.69, 9.17) is 9.63 Å². The maximum atomic E-state index is 8.96. The zero-order valence-corrected chi connectivity index (χ0v) is 5.53. The van der Waals surface area contributed by atoms with Gasteiger partial charge in [0.25, 0.3) is 0 Å². The molecule has 1 aromatic heterocycles. The zero-order chi connectivity index (χ0) is 6.97. The minimum absolute atomic E-state index is 0.116. The molecule has 0 saturated heterocycles. The fourth-order valence-corrected chi connectivity index (χ4v) is 1.26. The second kappa shape index (κ2) is 2.09. The molecule has 0 spiro atoms. The number of nitrogens with zero attached hydrogens (tertiary/aromatic N) is 1. The van der Waals surface area contributed by atoms with Gasteiger partial charge in [0.15, 0.2) is 0 Å². The molecule has 1 N–H and O–H groups in total. The molecule has 0 atom stereocenters. The van der Waals surface area contributed by atoms with E-state index in [9.17, 15) is 0 Å². The van der Waals surface area contributed by atoms with E-state index in [0.29, 0.717) is 5.92 Å². The van der Waals surface area contributed by atoms with E-state index in [1.165, 1.54) is 0 Å². The third kappa shape index (κ3) is 0.827. The summed E-state index contributed by atoms with van der Waals surface area (Å²) in [4.78, 5) is 0. The number of hydrogen-bond donors (Lipinski definition) is 1. The lowest BCUT2D eigenvalue weighted by atomic mass is 9.81. The lowest BCUT2D eigenvalue weighted by Crippen LogP contribution is -2.25. The van der Waals surface area contributed by atoms with Gasteiger partial charge >= 0.3 is 0 Å². The zero-order valence-electron chi connectivity index (χ0n) is 5.53. The highest BCUT2D eigenvalue weighted by atomic mass is 16.5. The van der Waals surface area contributed by atoms with Crippen LogP contribution in [0.4, 0.5) is 0 Å². The van der Waals surface area contributed by atoms with Crippen LogP contribution in [0.2, 0.25) is 0 Å². The standard InChI is InChI=1S/C7H9NO2/c9-6-3-5(4-6)7-1-2-8-10-7/h1-2,5-6,9H,3-4H2. The summed E-state index contributed by atoms with van der Waals surface area (Å²) in [6, 6.07) is 1.86. The van der Waals surface area contributed by atoms with Gasteiger partial charge in [-0.25, -0.2) is 0 Å².